The van der Waals surface area contributed by atoms with E-state index >= 15 is 0 Å². The predicted octanol–water partition coefficient (Wildman–Crippen LogP) is 3.09. The van der Waals surface area contributed by atoms with Gasteiger partial charge in [-0.05, 0) is 29.7 Å². The second-order valence-electron chi connectivity index (χ2n) is 5.09. The Morgan fingerprint density at radius 3 is 2.61 bits per heavy atom. The first kappa shape index (κ1) is 13.1. The van der Waals surface area contributed by atoms with E-state index in [1.807, 2.05) is 13.8 Å². The third-order valence-corrected chi connectivity index (χ3v) is 3.46. The Morgan fingerprint density at radius 1 is 1.11 bits per heavy atom. The van der Waals surface area contributed by atoms with Gasteiger partial charge in [0.1, 0.15) is 0 Å². The lowest BCUT2D eigenvalue weighted by molar-refractivity contribution is 0.0556. The minimum absolute atomic E-state index is 0.618. The van der Waals surface area contributed by atoms with Crippen molar-refractivity contribution in [1.29, 1.82) is 0 Å². The van der Waals surface area contributed by atoms with Gasteiger partial charge in [-0.3, -0.25) is 0 Å². The zero-order chi connectivity index (χ0) is 13.0. The van der Waals surface area contributed by atoms with Gasteiger partial charge < -0.3 is 10.4 Å². The van der Waals surface area contributed by atoms with Crippen LogP contribution in [0.1, 0.15) is 25.8 Å². The topological polar surface area (TPSA) is 32.3 Å². The van der Waals surface area contributed by atoms with Crippen molar-refractivity contribution in [3.05, 3.63) is 48.0 Å². The van der Waals surface area contributed by atoms with Gasteiger partial charge in [-0.2, -0.15) is 0 Å². The molecule has 0 heterocycles. The summed E-state index contributed by atoms with van der Waals surface area (Å²) in [6.07, 6.45) is 0.759. The molecule has 1 atom stereocenters. The Kier molecular flexibility index (Phi) is 4.00. The molecule has 2 aromatic rings. The molecule has 2 N–H and O–H groups in total. The average Bonchev–Trinajstić information content (AvgIpc) is 2.39. The summed E-state index contributed by atoms with van der Waals surface area (Å²) in [4.78, 5) is 0. The van der Waals surface area contributed by atoms with Gasteiger partial charge in [0.05, 0.1) is 5.60 Å². The quantitative estimate of drug-likeness (QED) is 0.845. The molecular weight excluding hydrogens is 222 g/mol. The molecule has 0 aromatic heterocycles. The van der Waals surface area contributed by atoms with Crippen LogP contribution in [0.4, 0.5) is 0 Å². The summed E-state index contributed by atoms with van der Waals surface area (Å²) in [7, 11) is 0. The monoisotopic (exact) mass is 243 g/mol. The van der Waals surface area contributed by atoms with Crippen molar-refractivity contribution in [3.63, 3.8) is 0 Å². The van der Waals surface area contributed by atoms with Crippen LogP contribution in [0, 0.1) is 0 Å². The molecule has 0 bridgehead atoms. The van der Waals surface area contributed by atoms with Gasteiger partial charge in [0, 0.05) is 13.1 Å². The van der Waals surface area contributed by atoms with Crippen LogP contribution in [0.25, 0.3) is 10.8 Å². The normalized spacial score (nSPS) is 14.6. The van der Waals surface area contributed by atoms with E-state index < -0.39 is 5.60 Å². The van der Waals surface area contributed by atoms with Crippen molar-refractivity contribution in [2.24, 2.45) is 0 Å². The Morgan fingerprint density at radius 2 is 1.83 bits per heavy atom. The summed E-state index contributed by atoms with van der Waals surface area (Å²) < 4.78 is 0. The lowest BCUT2D eigenvalue weighted by atomic mass is 10.0. The minimum Gasteiger partial charge on any atom is -0.389 e. The molecule has 2 aromatic carbocycles. The third-order valence-electron chi connectivity index (χ3n) is 3.46. The summed E-state index contributed by atoms with van der Waals surface area (Å²) >= 11 is 0. The Bertz CT molecular complexity index is 514. The molecule has 1 unspecified atom stereocenters. The standard InChI is InChI=1S/C16H21NO/c1-3-16(2,18)12-17-11-14-9-6-8-13-7-4-5-10-15(13)14/h4-10,17-18H,3,11-12H2,1-2H3. The summed E-state index contributed by atoms with van der Waals surface area (Å²) in [5, 5.41) is 15.8. The van der Waals surface area contributed by atoms with E-state index in [0.717, 1.165) is 13.0 Å². The first-order valence-electron chi connectivity index (χ1n) is 6.52. The molecular formula is C16H21NO. The number of rotatable bonds is 5. The maximum atomic E-state index is 9.95. The summed E-state index contributed by atoms with van der Waals surface area (Å²) in [6.45, 7) is 5.27. The van der Waals surface area contributed by atoms with Gasteiger partial charge in [0.15, 0.2) is 0 Å². The Hall–Kier alpha value is -1.38. The SMILES string of the molecule is CCC(C)(O)CNCc1cccc2ccccc12. The molecule has 0 fully saturated rings. The van der Waals surface area contributed by atoms with E-state index in [2.05, 4.69) is 47.8 Å². The van der Waals surface area contributed by atoms with Crippen LogP contribution < -0.4 is 5.32 Å². The van der Waals surface area contributed by atoms with Crippen LogP contribution in [0.2, 0.25) is 0 Å². The second kappa shape index (κ2) is 5.51. The fourth-order valence-electron chi connectivity index (χ4n) is 2.04. The Balaban J connectivity index is 2.08. The van der Waals surface area contributed by atoms with E-state index in [1.165, 1.54) is 16.3 Å². The van der Waals surface area contributed by atoms with Crippen molar-refractivity contribution in [2.75, 3.05) is 6.54 Å². The molecule has 0 radical (unpaired) electrons. The number of fused-ring (bicyclic) bond motifs is 1. The second-order valence-corrected chi connectivity index (χ2v) is 5.09. The van der Waals surface area contributed by atoms with Crippen molar-refractivity contribution >= 4 is 10.8 Å². The van der Waals surface area contributed by atoms with E-state index in [1.54, 1.807) is 0 Å². The molecule has 0 aliphatic rings. The molecule has 0 amide bonds. The lowest BCUT2D eigenvalue weighted by Crippen LogP contribution is -2.36. The Labute approximate surface area is 109 Å². The minimum atomic E-state index is -0.620. The number of benzene rings is 2. The molecule has 18 heavy (non-hydrogen) atoms. The van der Waals surface area contributed by atoms with Crippen LogP contribution in [0.15, 0.2) is 42.5 Å². The van der Waals surface area contributed by atoms with Gasteiger partial charge in [-0.25, -0.2) is 0 Å². The molecule has 2 nitrogen and oxygen atoms in total. The van der Waals surface area contributed by atoms with Crippen molar-refractivity contribution < 1.29 is 5.11 Å². The van der Waals surface area contributed by atoms with E-state index in [-0.39, 0.29) is 0 Å². The lowest BCUT2D eigenvalue weighted by Gasteiger charge is -2.21. The average molecular weight is 243 g/mol. The fourth-order valence-corrected chi connectivity index (χ4v) is 2.04. The molecule has 2 rings (SSSR count). The molecule has 0 saturated heterocycles. The van der Waals surface area contributed by atoms with Gasteiger partial charge in [-0.1, -0.05) is 49.4 Å². The molecule has 0 spiro atoms. The van der Waals surface area contributed by atoms with Crippen LogP contribution >= 0.6 is 0 Å². The summed E-state index contributed by atoms with van der Waals surface area (Å²) in [6, 6.07) is 14.7. The first-order valence-corrected chi connectivity index (χ1v) is 6.52. The maximum absolute atomic E-state index is 9.95. The van der Waals surface area contributed by atoms with E-state index in [4.69, 9.17) is 0 Å². The number of hydrogen-bond acceptors (Lipinski definition) is 2. The highest BCUT2D eigenvalue weighted by molar-refractivity contribution is 5.85. The van der Waals surface area contributed by atoms with Crippen molar-refractivity contribution in [1.82, 2.24) is 5.32 Å². The van der Waals surface area contributed by atoms with Crippen LogP contribution in [-0.2, 0) is 6.54 Å². The largest absolute Gasteiger partial charge is 0.389 e. The number of nitrogens with one attached hydrogen (secondary N) is 1. The zero-order valence-electron chi connectivity index (χ0n) is 11.1. The van der Waals surface area contributed by atoms with E-state index in [0.29, 0.717) is 6.54 Å². The molecule has 2 heteroatoms. The van der Waals surface area contributed by atoms with Crippen molar-refractivity contribution in [2.45, 2.75) is 32.4 Å². The highest BCUT2D eigenvalue weighted by atomic mass is 16.3. The fraction of sp³-hybridized carbons (Fsp3) is 0.375. The van der Waals surface area contributed by atoms with Crippen molar-refractivity contribution in [3.8, 4) is 0 Å². The highest BCUT2D eigenvalue weighted by Crippen LogP contribution is 2.18. The van der Waals surface area contributed by atoms with Gasteiger partial charge in [0.2, 0.25) is 0 Å². The zero-order valence-corrected chi connectivity index (χ0v) is 11.1. The molecule has 0 aliphatic heterocycles. The molecule has 0 aliphatic carbocycles. The highest BCUT2D eigenvalue weighted by Gasteiger charge is 2.16. The molecule has 96 valence electrons. The summed E-state index contributed by atoms with van der Waals surface area (Å²) in [5.74, 6) is 0. The summed E-state index contributed by atoms with van der Waals surface area (Å²) in [5.41, 5.74) is 0.657. The predicted molar refractivity (Wildman–Crippen MR) is 76.6 cm³/mol. The number of aliphatic hydroxyl groups is 1. The van der Waals surface area contributed by atoms with Gasteiger partial charge >= 0.3 is 0 Å². The van der Waals surface area contributed by atoms with Crippen LogP contribution in [-0.4, -0.2) is 17.3 Å². The van der Waals surface area contributed by atoms with Gasteiger partial charge in [0.25, 0.3) is 0 Å². The van der Waals surface area contributed by atoms with Gasteiger partial charge in [-0.15, -0.1) is 0 Å². The maximum Gasteiger partial charge on any atom is 0.0741 e. The van der Waals surface area contributed by atoms with Crippen LogP contribution in [0.5, 0.6) is 0 Å². The van der Waals surface area contributed by atoms with Crippen LogP contribution in [0.3, 0.4) is 0 Å². The third kappa shape index (κ3) is 3.09. The molecule has 0 saturated carbocycles. The number of hydrogen-bond donors (Lipinski definition) is 2. The smallest absolute Gasteiger partial charge is 0.0741 e. The van der Waals surface area contributed by atoms with E-state index in [9.17, 15) is 5.11 Å². The first-order chi connectivity index (χ1) is 8.62.